The van der Waals surface area contributed by atoms with E-state index in [0.717, 1.165) is 122 Å². The van der Waals surface area contributed by atoms with Gasteiger partial charge >= 0.3 is 11.9 Å². The molecule has 464 valence electrons. The van der Waals surface area contributed by atoms with Crippen LogP contribution in [0.15, 0.2) is 158 Å². The number of ether oxygens (including phenoxy) is 2. The number of carbonyl (C=O) groups is 2. The summed E-state index contributed by atoms with van der Waals surface area (Å²) in [6, 6.07) is 0. The lowest BCUT2D eigenvalue weighted by atomic mass is 10.0. The van der Waals surface area contributed by atoms with Gasteiger partial charge in [-0.05, 0) is 128 Å². The highest BCUT2D eigenvalue weighted by Gasteiger charge is 2.16. The number of aliphatic hydroxyl groups excluding tert-OH is 1. The minimum absolute atomic E-state index is 0.0796. The molecule has 1 unspecified atom stereocenters. The van der Waals surface area contributed by atoms with Crippen LogP contribution in [0.2, 0.25) is 0 Å². The first-order valence-corrected chi connectivity index (χ1v) is 34.0. The van der Waals surface area contributed by atoms with Crippen molar-refractivity contribution in [2.75, 3.05) is 13.2 Å². The predicted octanol–water partition coefficient (Wildman–Crippen LogP) is 23.9. The predicted molar refractivity (Wildman–Crippen MR) is 361 cm³/mol. The van der Waals surface area contributed by atoms with Gasteiger partial charge in [0.2, 0.25) is 0 Å². The molecule has 82 heavy (non-hydrogen) atoms. The zero-order valence-corrected chi connectivity index (χ0v) is 53.2. The maximum atomic E-state index is 12.4. The number of rotatable bonds is 61. The Morgan fingerprint density at radius 1 is 0.293 bits per heavy atom. The van der Waals surface area contributed by atoms with Crippen molar-refractivity contribution in [1.82, 2.24) is 0 Å². The van der Waals surface area contributed by atoms with Crippen LogP contribution < -0.4 is 0 Å². The van der Waals surface area contributed by atoms with Crippen molar-refractivity contribution >= 4 is 11.9 Å². The molecule has 0 aliphatic rings. The van der Waals surface area contributed by atoms with Crippen LogP contribution in [0.25, 0.3) is 0 Å². The molecule has 0 saturated carbocycles. The van der Waals surface area contributed by atoms with Gasteiger partial charge in [0.1, 0.15) is 6.61 Å². The molecule has 0 aliphatic heterocycles. The molecule has 0 heterocycles. The first kappa shape index (κ1) is 77.5. The second kappa shape index (κ2) is 70.8. The molecule has 0 amide bonds. The molecule has 0 bridgehead atoms. The van der Waals surface area contributed by atoms with Crippen LogP contribution in [-0.4, -0.2) is 36.4 Å². The molecule has 0 saturated heterocycles. The first-order chi connectivity index (χ1) is 40.6. The smallest absolute Gasteiger partial charge is 0.306 e. The molecule has 0 spiro atoms. The van der Waals surface area contributed by atoms with Gasteiger partial charge in [0, 0.05) is 12.8 Å². The minimum atomic E-state index is -0.793. The molecular weight excluding hydrogens is 1000 g/mol. The van der Waals surface area contributed by atoms with E-state index in [-0.39, 0.29) is 25.2 Å². The van der Waals surface area contributed by atoms with Crippen LogP contribution in [0, 0.1) is 0 Å². The van der Waals surface area contributed by atoms with Crippen molar-refractivity contribution in [3.63, 3.8) is 0 Å². The summed E-state index contributed by atoms with van der Waals surface area (Å²) >= 11 is 0. The minimum Gasteiger partial charge on any atom is -0.462 e. The zero-order chi connectivity index (χ0) is 59.1. The highest BCUT2D eigenvalue weighted by atomic mass is 16.6. The summed E-state index contributed by atoms with van der Waals surface area (Å²) in [5.74, 6) is -0.610. The first-order valence-electron chi connectivity index (χ1n) is 34.0. The van der Waals surface area contributed by atoms with Crippen LogP contribution >= 0.6 is 0 Å². The van der Waals surface area contributed by atoms with Gasteiger partial charge < -0.3 is 14.6 Å². The Kier molecular flexibility index (Phi) is 66.9. The van der Waals surface area contributed by atoms with E-state index in [0.29, 0.717) is 12.8 Å². The monoisotopic (exact) mass is 1130 g/mol. The van der Waals surface area contributed by atoms with E-state index in [4.69, 9.17) is 9.47 Å². The van der Waals surface area contributed by atoms with Crippen molar-refractivity contribution < 1.29 is 24.2 Å². The van der Waals surface area contributed by atoms with Gasteiger partial charge in [-0.2, -0.15) is 0 Å². The molecule has 0 aromatic carbocycles. The highest BCUT2D eigenvalue weighted by molar-refractivity contribution is 5.70. The van der Waals surface area contributed by atoms with Gasteiger partial charge in [-0.15, -0.1) is 0 Å². The summed E-state index contributed by atoms with van der Waals surface area (Å²) in [6.07, 6.45) is 108. The third-order valence-corrected chi connectivity index (χ3v) is 14.3. The standard InChI is InChI=1S/C77H126O5/c1-3-5-7-9-11-13-15-17-19-21-23-25-27-29-31-33-35-36-37-38-39-40-42-44-46-48-50-52-54-56-58-60-62-64-66-68-70-72-77(80)82-75(73-78)74-81-76(79)71-69-67-65-63-61-59-57-55-53-51-49-47-45-43-41-34-32-30-28-26-24-22-20-18-16-14-12-10-8-6-4-2/h5,7,11,13,16-19,22-25,28-31,35-36,38-39,42,44,48,50,54,56,75,78H,3-4,6,8-10,12,14-15,20-21,26-27,32-34,37,40-41,43,45-47,49,51-53,55,57-74H2,1-2H3/b7-5-,13-11-,18-16-,19-17-,24-22-,25-23-,30-28-,31-29-,36-35-,39-38-,44-42-,50-48-,56-54-. The van der Waals surface area contributed by atoms with E-state index in [1.165, 1.54) is 148 Å². The molecule has 0 radical (unpaired) electrons. The van der Waals surface area contributed by atoms with Gasteiger partial charge in [-0.1, -0.05) is 313 Å². The van der Waals surface area contributed by atoms with Gasteiger partial charge in [0.05, 0.1) is 6.61 Å². The fourth-order valence-electron chi connectivity index (χ4n) is 9.24. The summed E-state index contributed by atoms with van der Waals surface area (Å²) < 4.78 is 10.7. The molecule has 1 N–H and O–H groups in total. The number of aliphatic hydroxyl groups is 1. The van der Waals surface area contributed by atoms with Crippen LogP contribution in [0.1, 0.15) is 296 Å². The second-order valence-electron chi connectivity index (χ2n) is 22.2. The topological polar surface area (TPSA) is 72.8 Å². The fourth-order valence-corrected chi connectivity index (χ4v) is 9.24. The Morgan fingerprint density at radius 3 is 0.793 bits per heavy atom. The van der Waals surface area contributed by atoms with E-state index in [2.05, 4.69) is 172 Å². The van der Waals surface area contributed by atoms with Crippen LogP contribution in [0.5, 0.6) is 0 Å². The van der Waals surface area contributed by atoms with E-state index >= 15 is 0 Å². The number of esters is 2. The van der Waals surface area contributed by atoms with E-state index in [9.17, 15) is 14.7 Å². The largest absolute Gasteiger partial charge is 0.462 e. The number of carbonyl (C=O) groups excluding carboxylic acids is 2. The quantitative estimate of drug-likeness (QED) is 0.0373. The summed E-state index contributed by atoms with van der Waals surface area (Å²) in [5, 5.41) is 9.70. The van der Waals surface area contributed by atoms with Crippen molar-refractivity contribution in [3.05, 3.63) is 158 Å². The van der Waals surface area contributed by atoms with Crippen molar-refractivity contribution in [2.24, 2.45) is 0 Å². The van der Waals surface area contributed by atoms with E-state index < -0.39 is 6.10 Å². The number of allylic oxidation sites excluding steroid dienone is 26. The van der Waals surface area contributed by atoms with Crippen molar-refractivity contribution in [2.45, 2.75) is 302 Å². The van der Waals surface area contributed by atoms with E-state index in [1.807, 2.05) is 0 Å². The second-order valence-corrected chi connectivity index (χ2v) is 22.2. The Hall–Kier alpha value is -4.48. The SMILES string of the molecule is CC/C=C\C/C=C\C/C=C\C/C=C\C/C=C\C/C=C\C/C=C\C/C=C\C/C=C\C/C=C\CCCCCCCCC(=O)OC(CO)COC(=O)CCCCCCCCCCCCCCCCCC/C=C\C/C=C\C/C=C\CCCCCCC. The van der Waals surface area contributed by atoms with Gasteiger partial charge in [0.15, 0.2) is 6.10 Å². The normalized spacial score (nSPS) is 13.3. The summed E-state index contributed by atoms with van der Waals surface area (Å²) in [7, 11) is 0. The number of unbranched alkanes of at least 4 members (excludes halogenated alkanes) is 27. The average Bonchev–Trinajstić information content (AvgIpc) is 3.49. The summed E-state index contributed by atoms with van der Waals surface area (Å²) in [5.41, 5.74) is 0. The molecule has 1 atom stereocenters. The molecular formula is C77H126O5. The Bertz CT molecular complexity index is 1760. The van der Waals surface area contributed by atoms with E-state index in [1.54, 1.807) is 0 Å². The molecule has 5 heteroatoms. The third kappa shape index (κ3) is 68.0. The number of hydrogen-bond donors (Lipinski definition) is 1. The Morgan fingerprint density at radius 2 is 0.524 bits per heavy atom. The summed E-state index contributed by atoms with van der Waals surface area (Å²) in [4.78, 5) is 24.6. The molecule has 0 aliphatic carbocycles. The van der Waals surface area contributed by atoms with Crippen molar-refractivity contribution in [3.8, 4) is 0 Å². The van der Waals surface area contributed by atoms with Gasteiger partial charge in [0.25, 0.3) is 0 Å². The van der Waals surface area contributed by atoms with Gasteiger partial charge in [-0.3, -0.25) is 9.59 Å². The maximum Gasteiger partial charge on any atom is 0.306 e. The van der Waals surface area contributed by atoms with Gasteiger partial charge in [-0.25, -0.2) is 0 Å². The molecule has 0 aromatic rings. The van der Waals surface area contributed by atoms with Crippen LogP contribution in [-0.2, 0) is 19.1 Å². The average molecular weight is 1130 g/mol. The molecule has 0 rings (SSSR count). The van der Waals surface area contributed by atoms with Crippen LogP contribution in [0.3, 0.4) is 0 Å². The molecule has 5 nitrogen and oxygen atoms in total. The fraction of sp³-hybridized carbons (Fsp3) is 0.636. The van der Waals surface area contributed by atoms with Crippen LogP contribution in [0.4, 0.5) is 0 Å². The van der Waals surface area contributed by atoms with Crippen molar-refractivity contribution in [1.29, 1.82) is 0 Å². The lowest BCUT2D eigenvalue weighted by Gasteiger charge is -2.15. The lowest BCUT2D eigenvalue weighted by molar-refractivity contribution is -0.161. The number of hydrogen-bond acceptors (Lipinski definition) is 5. The lowest BCUT2D eigenvalue weighted by Crippen LogP contribution is -2.28. The zero-order valence-electron chi connectivity index (χ0n) is 53.2. The summed E-state index contributed by atoms with van der Waals surface area (Å²) in [6.45, 7) is 4.01. The molecule has 0 aromatic heterocycles. The highest BCUT2D eigenvalue weighted by Crippen LogP contribution is 2.16. The third-order valence-electron chi connectivity index (χ3n) is 14.3. The Labute approximate surface area is 507 Å². The maximum absolute atomic E-state index is 12.4. The molecule has 0 fully saturated rings. The Balaban J connectivity index is 3.58.